The minimum atomic E-state index is -0.799. The first-order valence-corrected chi connectivity index (χ1v) is 43.4. The van der Waals surface area contributed by atoms with E-state index >= 15 is 0 Å². The minimum absolute atomic E-state index is 0.0809. The number of carboxylic acids is 1. The van der Waals surface area contributed by atoms with Crippen LogP contribution in [0.15, 0.2) is 0 Å². The Bertz CT molecular complexity index is 1380. The minimum Gasteiger partial charge on any atom is -0.481 e. The Morgan fingerprint density at radius 1 is 0.275 bits per heavy atom. The average Bonchev–Trinajstić information content (AvgIpc) is 2.01. The molecule has 0 spiro atoms. The Balaban J connectivity index is 1.77. The standard InChI is InChI=1S/C87H172O4/c1-5-7-9-11-13-15-17-19-21-23-24-25-26-27-28-33-40-46-52-58-64-70-76-83(87(90)91)86(89)78-72-66-60-54-48-42-36-35-39-45-51-57-63-69-75-82-79-84(82)80(3)73-67-61-55-49-43-37-32-29-30-34-41-47-53-59-65-71-77-85(88)81(4)74-68-62-56-50-44-38-31-22-20-18-16-14-12-10-8-6-2/h80-86,88-89H,5-79H2,1-4H3,(H,90,91)/t80-,81+,82?,83?,84+,85+,86+/m0/s1. The van der Waals surface area contributed by atoms with E-state index in [0.29, 0.717) is 18.8 Å². The Morgan fingerprint density at radius 3 is 0.747 bits per heavy atom. The molecular weight excluding hydrogens is 1110 g/mol. The van der Waals surface area contributed by atoms with Crippen molar-refractivity contribution in [3.8, 4) is 0 Å². The monoisotopic (exact) mass is 1280 g/mol. The van der Waals surface area contributed by atoms with E-state index in [2.05, 4.69) is 27.7 Å². The van der Waals surface area contributed by atoms with Crippen LogP contribution < -0.4 is 0 Å². The summed E-state index contributed by atoms with van der Waals surface area (Å²) in [6.07, 6.45) is 102. The molecule has 1 aliphatic rings. The Labute approximate surface area is 574 Å². The fourth-order valence-corrected chi connectivity index (χ4v) is 15.8. The third-order valence-corrected chi connectivity index (χ3v) is 22.8. The summed E-state index contributed by atoms with van der Waals surface area (Å²) in [4.78, 5) is 12.0. The van der Waals surface area contributed by atoms with Crippen molar-refractivity contribution in [2.24, 2.45) is 29.6 Å². The van der Waals surface area contributed by atoms with E-state index in [1.807, 2.05) is 0 Å². The highest BCUT2D eigenvalue weighted by molar-refractivity contribution is 5.70. The van der Waals surface area contributed by atoms with Crippen LogP contribution in [0.1, 0.15) is 509 Å². The van der Waals surface area contributed by atoms with Crippen molar-refractivity contribution < 1.29 is 20.1 Å². The van der Waals surface area contributed by atoms with Gasteiger partial charge in [0.25, 0.3) is 0 Å². The van der Waals surface area contributed by atoms with Crippen LogP contribution >= 0.6 is 0 Å². The van der Waals surface area contributed by atoms with E-state index in [0.717, 1.165) is 49.9 Å². The molecular formula is C87H172O4. The van der Waals surface area contributed by atoms with Crippen LogP contribution in [0.3, 0.4) is 0 Å². The summed E-state index contributed by atoms with van der Waals surface area (Å²) in [7, 11) is 0. The van der Waals surface area contributed by atoms with Crippen molar-refractivity contribution in [1.82, 2.24) is 0 Å². The van der Waals surface area contributed by atoms with Crippen molar-refractivity contribution >= 4 is 5.97 Å². The topological polar surface area (TPSA) is 77.8 Å². The molecule has 0 bridgehead atoms. The fourth-order valence-electron chi connectivity index (χ4n) is 15.8. The SMILES string of the molecule is CCCCCCCCCCCCCCCCCCCCCCCCC(C(=O)O)[C@H](O)CCCCCCCCCCCCCCCCC1C[C@@H]1[C@@H](C)CCCCCCCCCCCCCCCCCC[C@@H](O)[C@H](C)CCCCCCCCCCCCCCCCCC. The van der Waals surface area contributed by atoms with Gasteiger partial charge in [-0.3, -0.25) is 4.79 Å². The molecule has 4 heteroatoms. The summed E-state index contributed by atoms with van der Waals surface area (Å²) in [6.45, 7) is 9.46. The zero-order valence-corrected chi connectivity index (χ0v) is 63.3. The highest BCUT2D eigenvalue weighted by Crippen LogP contribution is 2.49. The van der Waals surface area contributed by atoms with Gasteiger partial charge in [-0.15, -0.1) is 0 Å². The van der Waals surface area contributed by atoms with Gasteiger partial charge in [-0.1, -0.05) is 477 Å². The molecule has 1 saturated carbocycles. The van der Waals surface area contributed by atoms with Crippen molar-refractivity contribution in [2.45, 2.75) is 521 Å². The molecule has 1 fully saturated rings. The number of aliphatic hydroxyl groups excluding tert-OH is 2. The molecule has 3 N–H and O–H groups in total. The first kappa shape index (κ1) is 88.4. The fraction of sp³-hybridized carbons (Fsp3) is 0.989. The van der Waals surface area contributed by atoms with Crippen LogP contribution in [0.5, 0.6) is 0 Å². The average molecular weight is 1280 g/mol. The van der Waals surface area contributed by atoms with Crippen molar-refractivity contribution in [1.29, 1.82) is 0 Å². The van der Waals surface area contributed by atoms with Crippen LogP contribution in [0.4, 0.5) is 0 Å². The van der Waals surface area contributed by atoms with Gasteiger partial charge in [0.05, 0.1) is 18.1 Å². The highest BCUT2D eigenvalue weighted by atomic mass is 16.4. The molecule has 0 heterocycles. The van der Waals surface area contributed by atoms with Gasteiger partial charge in [0.15, 0.2) is 0 Å². The van der Waals surface area contributed by atoms with Gasteiger partial charge in [-0.2, -0.15) is 0 Å². The van der Waals surface area contributed by atoms with E-state index < -0.39 is 18.0 Å². The van der Waals surface area contributed by atoms with E-state index in [-0.39, 0.29) is 6.10 Å². The van der Waals surface area contributed by atoms with Crippen LogP contribution in [0, 0.1) is 29.6 Å². The largest absolute Gasteiger partial charge is 0.481 e. The van der Waals surface area contributed by atoms with E-state index in [1.54, 1.807) is 0 Å². The van der Waals surface area contributed by atoms with Gasteiger partial charge in [-0.05, 0) is 55.8 Å². The first-order chi connectivity index (χ1) is 44.8. The van der Waals surface area contributed by atoms with Gasteiger partial charge in [0.1, 0.15) is 0 Å². The normalized spacial score (nSPS) is 15.8. The molecule has 0 radical (unpaired) electrons. The number of rotatable bonds is 80. The molecule has 0 aromatic heterocycles. The second-order valence-corrected chi connectivity index (χ2v) is 31.8. The molecule has 0 aromatic rings. The molecule has 4 nitrogen and oxygen atoms in total. The summed E-state index contributed by atoms with van der Waals surface area (Å²) in [5, 5.41) is 31.3. The summed E-state index contributed by atoms with van der Waals surface area (Å²) in [5.74, 6) is 2.16. The van der Waals surface area contributed by atoms with Crippen LogP contribution in [0.2, 0.25) is 0 Å². The number of hydrogen-bond acceptors (Lipinski definition) is 3. The first-order valence-electron chi connectivity index (χ1n) is 43.4. The van der Waals surface area contributed by atoms with E-state index in [4.69, 9.17) is 0 Å². The van der Waals surface area contributed by atoms with Gasteiger partial charge < -0.3 is 15.3 Å². The molecule has 0 amide bonds. The lowest BCUT2D eigenvalue weighted by Gasteiger charge is -2.19. The summed E-state index contributed by atoms with van der Waals surface area (Å²) in [6, 6.07) is 0. The summed E-state index contributed by atoms with van der Waals surface area (Å²) in [5.41, 5.74) is 0. The zero-order chi connectivity index (χ0) is 65.7. The molecule has 0 aromatic carbocycles. The van der Waals surface area contributed by atoms with Gasteiger partial charge in [0.2, 0.25) is 0 Å². The summed E-state index contributed by atoms with van der Waals surface area (Å²) >= 11 is 0. The predicted molar refractivity (Wildman–Crippen MR) is 406 cm³/mol. The maximum atomic E-state index is 12.0. The Kier molecular flexibility index (Phi) is 70.1. The second kappa shape index (κ2) is 72.1. The van der Waals surface area contributed by atoms with Crippen molar-refractivity contribution in [3.63, 3.8) is 0 Å². The number of aliphatic hydroxyl groups is 2. The third-order valence-electron chi connectivity index (χ3n) is 22.8. The number of aliphatic carboxylic acids is 1. The molecule has 7 atom stereocenters. The molecule has 544 valence electrons. The third kappa shape index (κ3) is 63.9. The van der Waals surface area contributed by atoms with Gasteiger partial charge in [-0.25, -0.2) is 0 Å². The Morgan fingerprint density at radius 2 is 0.484 bits per heavy atom. The number of carbonyl (C=O) groups is 1. The second-order valence-electron chi connectivity index (χ2n) is 31.8. The predicted octanol–water partition coefficient (Wildman–Crippen LogP) is 30.2. The molecule has 1 aliphatic carbocycles. The maximum absolute atomic E-state index is 12.0. The highest BCUT2D eigenvalue weighted by Gasteiger charge is 2.39. The van der Waals surface area contributed by atoms with E-state index in [9.17, 15) is 20.1 Å². The smallest absolute Gasteiger partial charge is 0.309 e. The lowest BCUT2D eigenvalue weighted by molar-refractivity contribution is -0.146. The lowest BCUT2D eigenvalue weighted by Crippen LogP contribution is -2.28. The van der Waals surface area contributed by atoms with Gasteiger partial charge in [0, 0.05) is 0 Å². The van der Waals surface area contributed by atoms with Crippen LogP contribution in [-0.2, 0) is 4.79 Å². The quantitative estimate of drug-likeness (QED) is 0.0530. The Hall–Kier alpha value is -0.610. The summed E-state index contributed by atoms with van der Waals surface area (Å²) < 4.78 is 0. The zero-order valence-electron chi connectivity index (χ0n) is 63.3. The molecule has 0 aliphatic heterocycles. The van der Waals surface area contributed by atoms with Crippen LogP contribution in [-0.4, -0.2) is 33.5 Å². The molecule has 2 unspecified atom stereocenters. The number of hydrogen-bond donors (Lipinski definition) is 3. The molecule has 91 heavy (non-hydrogen) atoms. The van der Waals surface area contributed by atoms with Crippen LogP contribution in [0.25, 0.3) is 0 Å². The van der Waals surface area contributed by atoms with Crippen molar-refractivity contribution in [2.75, 3.05) is 0 Å². The van der Waals surface area contributed by atoms with Gasteiger partial charge >= 0.3 is 5.97 Å². The number of carboxylic acid groups (broad SMARTS) is 1. The van der Waals surface area contributed by atoms with E-state index in [1.165, 1.54) is 437 Å². The number of unbranched alkanes of at least 4 members (excludes halogenated alkanes) is 64. The molecule has 1 rings (SSSR count). The molecule has 0 saturated heterocycles. The maximum Gasteiger partial charge on any atom is 0.309 e. The van der Waals surface area contributed by atoms with Crippen molar-refractivity contribution in [3.05, 3.63) is 0 Å². The lowest BCUT2D eigenvalue weighted by atomic mass is 9.91.